The van der Waals surface area contributed by atoms with Crippen molar-refractivity contribution in [3.8, 4) is 44.5 Å². The van der Waals surface area contributed by atoms with Gasteiger partial charge in [0.05, 0.1) is 0 Å². The van der Waals surface area contributed by atoms with Crippen molar-refractivity contribution in [2.45, 2.75) is 50.4 Å². The zero-order chi connectivity index (χ0) is 42.9. The molecule has 0 saturated heterocycles. The van der Waals surface area contributed by atoms with Gasteiger partial charge in [0.2, 0.25) is 0 Å². The Hall–Kier alpha value is -7.48. The molecule has 13 rings (SSSR count). The Labute approximate surface area is 382 Å². The molecule has 310 valence electrons. The minimum atomic E-state index is 0.0613. The second-order valence-electron chi connectivity index (χ2n) is 18.5. The smallest absolute Gasteiger partial charge is 0.0468 e. The Morgan fingerprint density at radius 2 is 0.985 bits per heavy atom. The first kappa shape index (κ1) is 38.0. The Bertz CT molecular complexity index is 3500. The van der Waals surface area contributed by atoms with Crippen molar-refractivity contribution in [1.29, 1.82) is 0 Å². The van der Waals surface area contributed by atoms with E-state index in [9.17, 15) is 0 Å². The predicted octanol–water partition coefficient (Wildman–Crippen LogP) is 17.8. The third kappa shape index (κ3) is 6.06. The Morgan fingerprint density at radius 3 is 1.77 bits per heavy atom. The number of aryl methyl sites for hydroxylation is 1. The minimum absolute atomic E-state index is 0.0613. The largest absolute Gasteiger partial charge is 0.310 e. The summed E-state index contributed by atoms with van der Waals surface area (Å²) in [7, 11) is 0. The standard InChI is InChI=1S/C64H49N/c1-5-20-44(21-6-1)56-42-57(45-22-7-2-8-23-45)62-54-29-14-13-27-51(54)58-40-49(34-36-55(58)63(62)61(56)46-24-9-3-10-25-46)65(48-32-31-43-19-11-12-26-47(43)39-48)50-33-35-53-52-28-15-16-30-59(52)64(60(53)41-50)37-17-4-18-38-64/h1-3,5-11,13-16,19-25,27-36,39-42H,4,12,17-18,26,37-38H2. The second-order valence-corrected chi connectivity index (χ2v) is 18.5. The van der Waals surface area contributed by atoms with E-state index >= 15 is 0 Å². The van der Waals surface area contributed by atoms with Crippen LogP contribution in [-0.4, -0.2) is 0 Å². The molecule has 1 nitrogen and oxygen atoms in total. The van der Waals surface area contributed by atoms with Crippen molar-refractivity contribution in [2.75, 3.05) is 4.90 Å². The van der Waals surface area contributed by atoms with Crippen LogP contribution in [0.4, 0.5) is 17.1 Å². The van der Waals surface area contributed by atoms with Gasteiger partial charge in [-0.25, -0.2) is 0 Å². The molecule has 1 spiro atoms. The maximum atomic E-state index is 2.58. The van der Waals surface area contributed by atoms with Crippen molar-refractivity contribution in [1.82, 2.24) is 0 Å². The topological polar surface area (TPSA) is 3.24 Å². The van der Waals surface area contributed by atoms with Crippen molar-refractivity contribution < 1.29 is 0 Å². The lowest BCUT2D eigenvalue weighted by atomic mass is 9.68. The maximum absolute atomic E-state index is 2.58. The van der Waals surface area contributed by atoms with Crippen LogP contribution in [0.25, 0.3) is 82.9 Å². The molecule has 1 fully saturated rings. The van der Waals surface area contributed by atoms with E-state index < -0.39 is 0 Å². The summed E-state index contributed by atoms with van der Waals surface area (Å²) in [5, 5.41) is 7.64. The molecule has 0 atom stereocenters. The van der Waals surface area contributed by atoms with Crippen LogP contribution in [0.15, 0.2) is 206 Å². The summed E-state index contributed by atoms with van der Waals surface area (Å²) in [6, 6.07) is 75.8. The summed E-state index contributed by atoms with van der Waals surface area (Å²) >= 11 is 0. The highest BCUT2D eigenvalue weighted by atomic mass is 15.1. The highest BCUT2D eigenvalue weighted by Crippen LogP contribution is 2.57. The third-order valence-electron chi connectivity index (χ3n) is 15.1. The summed E-state index contributed by atoms with van der Waals surface area (Å²) in [5.74, 6) is 0. The average molecular weight is 832 g/mol. The van der Waals surface area contributed by atoms with E-state index in [-0.39, 0.29) is 5.41 Å². The molecule has 0 aliphatic heterocycles. The molecule has 1 saturated carbocycles. The van der Waals surface area contributed by atoms with E-state index in [0.717, 1.165) is 12.8 Å². The lowest BCUT2D eigenvalue weighted by Crippen LogP contribution is -2.28. The van der Waals surface area contributed by atoms with Crippen molar-refractivity contribution in [3.05, 3.63) is 229 Å². The van der Waals surface area contributed by atoms with E-state index in [4.69, 9.17) is 0 Å². The van der Waals surface area contributed by atoms with Crippen LogP contribution in [0.2, 0.25) is 0 Å². The first-order valence-electron chi connectivity index (χ1n) is 23.7. The van der Waals surface area contributed by atoms with Crippen LogP contribution in [-0.2, 0) is 11.8 Å². The molecule has 65 heavy (non-hydrogen) atoms. The molecule has 3 aliphatic carbocycles. The van der Waals surface area contributed by atoms with E-state index in [1.807, 2.05) is 0 Å². The molecule has 0 radical (unpaired) electrons. The molecular formula is C64H49N. The highest BCUT2D eigenvalue weighted by Gasteiger charge is 2.44. The molecule has 0 aromatic heterocycles. The summed E-state index contributed by atoms with van der Waals surface area (Å²) in [5.41, 5.74) is 19.7. The van der Waals surface area contributed by atoms with Gasteiger partial charge < -0.3 is 4.90 Å². The van der Waals surface area contributed by atoms with Crippen LogP contribution in [0.5, 0.6) is 0 Å². The molecule has 0 amide bonds. The minimum Gasteiger partial charge on any atom is -0.310 e. The fourth-order valence-electron chi connectivity index (χ4n) is 12.2. The number of allylic oxidation sites excluding steroid dienone is 1. The first-order chi connectivity index (χ1) is 32.2. The number of benzene rings is 10. The molecular weight excluding hydrogens is 783 g/mol. The van der Waals surface area contributed by atoms with Gasteiger partial charge in [0, 0.05) is 22.5 Å². The molecule has 1 heteroatoms. The Morgan fingerprint density at radius 1 is 0.385 bits per heavy atom. The monoisotopic (exact) mass is 831 g/mol. The number of fused-ring (bicyclic) bond motifs is 12. The van der Waals surface area contributed by atoms with Crippen molar-refractivity contribution in [2.24, 2.45) is 0 Å². The Kier molecular flexibility index (Phi) is 8.98. The summed E-state index contributed by atoms with van der Waals surface area (Å²) in [4.78, 5) is 2.56. The van der Waals surface area contributed by atoms with Crippen LogP contribution in [0, 0.1) is 0 Å². The van der Waals surface area contributed by atoms with E-state index in [0.29, 0.717) is 0 Å². The van der Waals surface area contributed by atoms with Crippen LogP contribution in [0.3, 0.4) is 0 Å². The summed E-state index contributed by atoms with van der Waals surface area (Å²) in [6.45, 7) is 0. The normalized spacial score (nSPS) is 14.7. The number of hydrogen-bond acceptors (Lipinski definition) is 1. The van der Waals surface area contributed by atoms with Gasteiger partial charge in [-0.3, -0.25) is 0 Å². The molecule has 10 aromatic carbocycles. The highest BCUT2D eigenvalue weighted by molar-refractivity contribution is 6.33. The van der Waals surface area contributed by atoms with Gasteiger partial charge in [-0.2, -0.15) is 0 Å². The number of hydrogen-bond donors (Lipinski definition) is 0. The molecule has 0 N–H and O–H groups in total. The van der Waals surface area contributed by atoms with Gasteiger partial charge >= 0.3 is 0 Å². The second kappa shape index (κ2) is 15.4. The fraction of sp³-hybridized carbons (Fsp3) is 0.125. The zero-order valence-electron chi connectivity index (χ0n) is 36.6. The lowest BCUT2D eigenvalue weighted by molar-refractivity contribution is 0.353. The van der Waals surface area contributed by atoms with Crippen molar-refractivity contribution in [3.63, 3.8) is 0 Å². The molecule has 0 bridgehead atoms. The maximum Gasteiger partial charge on any atom is 0.0468 e. The van der Waals surface area contributed by atoms with Gasteiger partial charge in [0.25, 0.3) is 0 Å². The number of rotatable bonds is 6. The van der Waals surface area contributed by atoms with Gasteiger partial charge in [-0.05, 0) is 167 Å². The predicted molar refractivity (Wildman–Crippen MR) is 277 cm³/mol. The van der Waals surface area contributed by atoms with Gasteiger partial charge in [0.15, 0.2) is 0 Å². The summed E-state index contributed by atoms with van der Waals surface area (Å²) < 4.78 is 0. The number of nitrogens with zero attached hydrogens (tertiary/aromatic N) is 1. The number of anilines is 3. The quantitative estimate of drug-likeness (QED) is 0.151. The SMILES string of the molecule is C1=Cc2ccc(N(c3ccc4c(c3)C3(CCCCC3)c3ccccc3-4)c3ccc4c(c3)c3ccccc3c3c(-c5ccccc5)cc(-c5ccccc5)c(-c5ccccc5)c43)cc2CC1. The van der Waals surface area contributed by atoms with Crippen LogP contribution >= 0.6 is 0 Å². The zero-order valence-corrected chi connectivity index (χ0v) is 36.6. The molecule has 0 heterocycles. The van der Waals surface area contributed by atoms with Gasteiger partial charge in [-0.1, -0.05) is 189 Å². The Balaban J connectivity index is 1.12. The van der Waals surface area contributed by atoms with Gasteiger partial charge in [0.1, 0.15) is 0 Å². The van der Waals surface area contributed by atoms with Gasteiger partial charge in [-0.15, -0.1) is 0 Å². The lowest BCUT2D eigenvalue weighted by Gasteiger charge is -2.36. The average Bonchev–Trinajstić information content (AvgIpc) is 3.64. The first-order valence-corrected chi connectivity index (χ1v) is 23.7. The third-order valence-corrected chi connectivity index (χ3v) is 15.1. The van der Waals surface area contributed by atoms with Crippen molar-refractivity contribution >= 4 is 55.5 Å². The fourth-order valence-corrected chi connectivity index (χ4v) is 12.2. The molecule has 10 aromatic rings. The van der Waals surface area contributed by atoms with Crippen LogP contribution in [0.1, 0.15) is 60.8 Å². The summed E-state index contributed by atoms with van der Waals surface area (Å²) in [6.07, 6.45) is 13.0. The molecule has 0 unspecified atom stereocenters. The van der Waals surface area contributed by atoms with E-state index in [1.165, 1.54) is 148 Å². The van der Waals surface area contributed by atoms with E-state index in [2.05, 4.69) is 217 Å². The van der Waals surface area contributed by atoms with E-state index in [1.54, 1.807) is 0 Å². The molecule has 3 aliphatic rings. The van der Waals surface area contributed by atoms with Crippen LogP contribution < -0.4 is 4.90 Å².